The Morgan fingerprint density at radius 1 is 1.00 bits per heavy atom. The van der Waals surface area contributed by atoms with Gasteiger partial charge in [-0.1, -0.05) is 0 Å². The zero-order valence-electron chi connectivity index (χ0n) is 1.71. The molecule has 3 radical (unpaired) electrons. The molecule has 0 aliphatic heterocycles. The van der Waals surface area contributed by atoms with Crippen LogP contribution < -0.4 is 0 Å². The van der Waals surface area contributed by atoms with Crippen LogP contribution >= 0.6 is 0 Å². The van der Waals surface area contributed by atoms with E-state index in [9.17, 15) is 0 Å². The normalized spacial score (nSPS) is 0. The Morgan fingerprint density at radius 2 is 1.00 bits per heavy atom. The fraction of sp³-hybridized carbons (Fsp3) is 0. The van der Waals surface area contributed by atoms with E-state index in [1.54, 1.807) is 0 Å². The Kier molecular flexibility index (Phi) is 197. The van der Waals surface area contributed by atoms with Gasteiger partial charge >= 0.3 is 0 Å². The minimum atomic E-state index is 0. The summed E-state index contributed by atoms with van der Waals surface area (Å²) in [4.78, 5) is 0. The zero-order chi connectivity index (χ0) is 0. The van der Waals surface area contributed by atoms with Crippen molar-refractivity contribution in [2.24, 2.45) is 0 Å². The number of hydrogen-bond acceptors (Lipinski definition) is 0. The zero-order valence-corrected chi connectivity index (χ0v) is 7.64. The quantitative estimate of drug-likeness (QED) is 0.523. The fourth-order valence-corrected chi connectivity index (χ4v) is 0. The molecule has 25 valence electrons. The first kappa shape index (κ1) is 38.6. The van der Waals surface area contributed by atoms with Gasteiger partial charge < -0.3 is 0 Å². The minimum Gasteiger partial charge on any atom is 0 e. The number of hydrogen-bond donors (Lipinski definition) is 0. The summed E-state index contributed by atoms with van der Waals surface area (Å²) in [5, 5.41) is 0. The van der Waals surface area contributed by atoms with Crippen LogP contribution in [0.2, 0.25) is 0 Å². The van der Waals surface area contributed by atoms with Crippen LogP contribution in [0.25, 0.3) is 0 Å². The van der Waals surface area contributed by atoms with Crippen molar-refractivity contribution in [1.82, 2.24) is 0 Å². The molecule has 0 aromatic heterocycles. The van der Waals surface area contributed by atoms with Gasteiger partial charge in [-0.3, -0.25) is 0 Å². The molecule has 0 aliphatic carbocycles. The molecule has 0 atom stereocenters. The van der Waals surface area contributed by atoms with Crippen LogP contribution in [0.15, 0.2) is 0 Å². The molecule has 0 bridgehead atoms. The SMILES string of the molecule is [B].[Mo].[Ni].[W]. The van der Waals surface area contributed by atoms with Gasteiger partial charge in [-0.25, -0.2) is 0 Å². The van der Waals surface area contributed by atoms with Crippen molar-refractivity contribution < 1.29 is 58.6 Å². The minimum absolute atomic E-state index is 0. The van der Waals surface area contributed by atoms with Crippen LogP contribution in [0.3, 0.4) is 0 Å². The molecule has 0 aliphatic rings. The maximum Gasteiger partial charge on any atom is 0 e. The summed E-state index contributed by atoms with van der Waals surface area (Å²) < 4.78 is 0. The molecule has 0 amide bonds. The smallest absolute Gasteiger partial charge is 0 e. The molecule has 0 heterocycles. The Labute approximate surface area is 66.5 Å². The second-order valence-corrected chi connectivity index (χ2v) is 0. The monoisotopic (exact) mass is 351 g/mol. The summed E-state index contributed by atoms with van der Waals surface area (Å²) >= 11 is 0. The van der Waals surface area contributed by atoms with Gasteiger partial charge in [0.2, 0.25) is 0 Å². The van der Waals surface area contributed by atoms with Gasteiger partial charge in [-0.05, 0) is 0 Å². The molecule has 0 aromatic carbocycles. The van der Waals surface area contributed by atoms with Gasteiger partial charge in [0, 0.05) is 67.0 Å². The third-order valence-corrected chi connectivity index (χ3v) is 0. The predicted molar refractivity (Wildman–Crippen MR) is 5.75 cm³/mol. The standard InChI is InChI=1S/B.Mo.Ni.W. The van der Waals surface area contributed by atoms with Gasteiger partial charge in [0.25, 0.3) is 0 Å². The number of rotatable bonds is 0. The average molecular weight is 349 g/mol. The molecule has 0 nitrogen and oxygen atoms in total. The molecular formula is BMoNiW. The van der Waals surface area contributed by atoms with Crippen LogP contribution in [0.4, 0.5) is 0 Å². The Balaban J connectivity index is 0. The van der Waals surface area contributed by atoms with Gasteiger partial charge in [0.05, 0.1) is 0 Å². The summed E-state index contributed by atoms with van der Waals surface area (Å²) in [5.74, 6) is 0. The van der Waals surface area contributed by atoms with E-state index in [4.69, 9.17) is 0 Å². The maximum absolute atomic E-state index is 0. The van der Waals surface area contributed by atoms with E-state index in [1.807, 2.05) is 0 Å². The largest absolute Gasteiger partial charge is 0 e. The molecule has 0 aromatic rings. The third-order valence-electron chi connectivity index (χ3n) is 0. The van der Waals surface area contributed by atoms with E-state index >= 15 is 0 Å². The van der Waals surface area contributed by atoms with Gasteiger partial charge in [-0.15, -0.1) is 0 Å². The summed E-state index contributed by atoms with van der Waals surface area (Å²) in [6, 6.07) is 0. The summed E-state index contributed by atoms with van der Waals surface area (Å²) in [7, 11) is 0. The van der Waals surface area contributed by atoms with Gasteiger partial charge in [-0.2, -0.15) is 0 Å². The second-order valence-electron chi connectivity index (χ2n) is 0. The van der Waals surface area contributed by atoms with Crippen molar-refractivity contribution in [2.45, 2.75) is 0 Å². The van der Waals surface area contributed by atoms with Crippen LogP contribution in [0.5, 0.6) is 0 Å². The first-order chi connectivity index (χ1) is 0. The molecular weight excluding hydrogens is 349 g/mol. The van der Waals surface area contributed by atoms with Crippen LogP contribution in [0.1, 0.15) is 0 Å². The second kappa shape index (κ2) is 20.4. The molecule has 0 fully saturated rings. The molecule has 0 saturated carbocycles. The summed E-state index contributed by atoms with van der Waals surface area (Å²) in [5.41, 5.74) is 0. The van der Waals surface area contributed by atoms with Crippen LogP contribution in [0, 0.1) is 0 Å². The molecule has 4 heavy (non-hydrogen) atoms. The van der Waals surface area contributed by atoms with E-state index in [1.165, 1.54) is 0 Å². The van der Waals surface area contributed by atoms with E-state index in [0.717, 1.165) is 0 Å². The van der Waals surface area contributed by atoms with Crippen molar-refractivity contribution in [1.29, 1.82) is 0 Å². The maximum atomic E-state index is 0. The van der Waals surface area contributed by atoms with Crippen LogP contribution in [-0.4, -0.2) is 8.41 Å². The molecule has 4 heteroatoms. The summed E-state index contributed by atoms with van der Waals surface area (Å²) in [6.07, 6.45) is 0. The van der Waals surface area contributed by atoms with Gasteiger partial charge in [0.1, 0.15) is 0 Å². The first-order valence-corrected chi connectivity index (χ1v) is 0. The Morgan fingerprint density at radius 3 is 1.00 bits per heavy atom. The van der Waals surface area contributed by atoms with E-state index in [2.05, 4.69) is 0 Å². The molecule has 0 saturated heterocycles. The third kappa shape index (κ3) is 9.05. The molecule has 0 spiro atoms. The Bertz CT molecular complexity index is 8.00. The van der Waals surface area contributed by atoms with Crippen molar-refractivity contribution in [2.75, 3.05) is 0 Å². The average Bonchev–Trinajstić information content (AvgIpc) is 0. The van der Waals surface area contributed by atoms with Crippen LogP contribution in [-0.2, 0) is 58.6 Å². The predicted octanol–water partition coefficient (Wildman–Crippen LogP) is -0.388. The topological polar surface area (TPSA) is 0 Å². The summed E-state index contributed by atoms with van der Waals surface area (Å²) in [6.45, 7) is 0. The van der Waals surface area contributed by atoms with E-state index < -0.39 is 0 Å². The molecule has 0 N–H and O–H groups in total. The first-order valence-electron chi connectivity index (χ1n) is 0. The van der Waals surface area contributed by atoms with Crippen molar-refractivity contribution in [3.05, 3.63) is 0 Å². The molecule has 0 rings (SSSR count). The van der Waals surface area contributed by atoms with E-state index in [-0.39, 0.29) is 67.0 Å². The fourth-order valence-electron chi connectivity index (χ4n) is 0. The Hall–Kier alpha value is 1.94. The molecule has 0 unspecified atom stereocenters. The van der Waals surface area contributed by atoms with Crippen molar-refractivity contribution in [3.8, 4) is 0 Å². The van der Waals surface area contributed by atoms with E-state index in [0.29, 0.717) is 0 Å². The van der Waals surface area contributed by atoms with Gasteiger partial charge in [0.15, 0.2) is 0 Å². The van der Waals surface area contributed by atoms with Crippen molar-refractivity contribution in [3.63, 3.8) is 0 Å². The van der Waals surface area contributed by atoms with Crippen molar-refractivity contribution >= 4 is 8.41 Å².